The Kier molecular flexibility index (Phi) is 7.21. The van der Waals surface area contributed by atoms with Crippen molar-refractivity contribution in [1.82, 2.24) is 4.90 Å². The number of likely N-dealkylation sites (tertiary alicyclic amines) is 1. The average molecular weight is 427 g/mol. The number of benzene rings is 1. The molecule has 2 rings (SSSR count). The number of alkyl halides is 3. The SMILES string of the molecule is CCOC(=O)/C=C\C1(c2cccc(C(F)(F)F)c2)CCN(C(=O)OC(C)(C)C)CC1. The lowest BCUT2D eigenvalue weighted by molar-refractivity contribution is -0.138. The number of halogens is 3. The van der Waals surface area contributed by atoms with Gasteiger partial charge in [-0.2, -0.15) is 13.2 Å². The van der Waals surface area contributed by atoms with E-state index < -0.39 is 34.8 Å². The standard InChI is InChI=1S/C22H28F3NO4/c1-5-29-18(27)9-10-21(16-7-6-8-17(15-16)22(23,24)25)11-13-26(14-12-21)19(28)30-20(2,3)4/h6-10,15H,5,11-14H2,1-4H3/b10-9-. The molecule has 1 aromatic rings. The van der Waals surface area contributed by atoms with Crippen LogP contribution >= 0.6 is 0 Å². The van der Waals surface area contributed by atoms with Gasteiger partial charge in [-0.05, 0) is 52.2 Å². The minimum atomic E-state index is -4.47. The summed E-state index contributed by atoms with van der Waals surface area (Å²) in [6.45, 7) is 7.76. The lowest BCUT2D eigenvalue weighted by atomic mass is 9.72. The summed E-state index contributed by atoms with van der Waals surface area (Å²) in [7, 11) is 0. The number of esters is 1. The molecule has 0 bridgehead atoms. The maximum absolute atomic E-state index is 13.2. The van der Waals surface area contributed by atoms with Crippen LogP contribution in [0.15, 0.2) is 36.4 Å². The van der Waals surface area contributed by atoms with Crippen LogP contribution < -0.4 is 0 Å². The number of carbonyl (C=O) groups excluding carboxylic acids is 2. The number of rotatable bonds is 4. The van der Waals surface area contributed by atoms with E-state index in [1.165, 1.54) is 17.0 Å². The molecule has 0 saturated carbocycles. The van der Waals surface area contributed by atoms with Gasteiger partial charge in [0.15, 0.2) is 0 Å². The van der Waals surface area contributed by atoms with Gasteiger partial charge in [-0.25, -0.2) is 9.59 Å². The highest BCUT2D eigenvalue weighted by atomic mass is 19.4. The molecular weight excluding hydrogens is 399 g/mol. The van der Waals surface area contributed by atoms with Crippen molar-refractivity contribution in [2.45, 2.75) is 57.7 Å². The first-order chi connectivity index (χ1) is 13.9. The highest BCUT2D eigenvalue weighted by Gasteiger charge is 2.39. The minimum Gasteiger partial charge on any atom is -0.463 e. The predicted molar refractivity (Wildman–Crippen MR) is 106 cm³/mol. The zero-order chi connectivity index (χ0) is 22.6. The van der Waals surface area contributed by atoms with E-state index >= 15 is 0 Å². The molecule has 0 N–H and O–H groups in total. The summed E-state index contributed by atoms with van der Waals surface area (Å²) < 4.78 is 50.0. The molecule has 8 heteroatoms. The molecule has 5 nitrogen and oxygen atoms in total. The summed E-state index contributed by atoms with van der Waals surface area (Å²) in [5.41, 5.74) is -1.77. The van der Waals surface area contributed by atoms with Gasteiger partial charge in [0.25, 0.3) is 0 Å². The Bertz CT molecular complexity index is 788. The summed E-state index contributed by atoms with van der Waals surface area (Å²) in [6.07, 6.45) is -1.37. The molecular formula is C22H28F3NO4. The third-order valence-electron chi connectivity index (χ3n) is 4.90. The minimum absolute atomic E-state index is 0.201. The van der Waals surface area contributed by atoms with E-state index in [4.69, 9.17) is 9.47 Å². The summed E-state index contributed by atoms with van der Waals surface area (Å²) >= 11 is 0. The molecule has 0 aliphatic carbocycles. The Morgan fingerprint density at radius 1 is 1.17 bits per heavy atom. The van der Waals surface area contributed by atoms with Crippen molar-refractivity contribution in [3.8, 4) is 0 Å². The van der Waals surface area contributed by atoms with Gasteiger partial charge < -0.3 is 14.4 Å². The molecule has 0 radical (unpaired) electrons. The van der Waals surface area contributed by atoms with Crippen molar-refractivity contribution in [3.63, 3.8) is 0 Å². The number of hydrogen-bond acceptors (Lipinski definition) is 4. The third-order valence-corrected chi connectivity index (χ3v) is 4.90. The number of allylic oxidation sites excluding steroid dienone is 1. The van der Waals surface area contributed by atoms with Crippen LogP contribution in [0, 0.1) is 0 Å². The van der Waals surface area contributed by atoms with Crippen LogP contribution in [-0.4, -0.2) is 42.3 Å². The van der Waals surface area contributed by atoms with E-state index in [1.807, 2.05) is 0 Å². The Morgan fingerprint density at radius 3 is 2.33 bits per heavy atom. The molecule has 1 aliphatic heterocycles. The zero-order valence-corrected chi connectivity index (χ0v) is 17.7. The number of amides is 1. The zero-order valence-electron chi connectivity index (χ0n) is 17.7. The number of carbonyl (C=O) groups is 2. The normalized spacial score (nSPS) is 17.1. The third kappa shape index (κ3) is 6.24. The van der Waals surface area contributed by atoms with Crippen LogP contribution in [0.5, 0.6) is 0 Å². The fraction of sp³-hybridized carbons (Fsp3) is 0.545. The molecule has 166 valence electrons. The molecule has 30 heavy (non-hydrogen) atoms. The molecule has 1 fully saturated rings. The molecule has 1 aromatic carbocycles. The van der Waals surface area contributed by atoms with E-state index in [2.05, 4.69) is 0 Å². The summed E-state index contributed by atoms with van der Waals surface area (Å²) in [5, 5.41) is 0. The largest absolute Gasteiger partial charge is 0.463 e. The highest BCUT2D eigenvalue weighted by molar-refractivity contribution is 5.82. The number of piperidine rings is 1. The second-order valence-corrected chi connectivity index (χ2v) is 8.29. The first-order valence-electron chi connectivity index (χ1n) is 9.88. The van der Waals surface area contributed by atoms with Crippen molar-refractivity contribution < 1.29 is 32.2 Å². The van der Waals surface area contributed by atoms with Gasteiger partial charge in [0, 0.05) is 24.6 Å². The topological polar surface area (TPSA) is 55.8 Å². The molecule has 1 aliphatic rings. The number of ether oxygens (including phenoxy) is 2. The fourth-order valence-electron chi connectivity index (χ4n) is 3.39. The number of hydrogen-bond donors (Lipinski definition) is 0. The maximum atomic E-state index is 13.2. The lowest BCUT2D eigenvalue weighted by Gasteiger charge is -2.41. The van der Waals surface area contributed by atoms with Gasteiger partial charge in [-0.1, -0.05) is 24.3 Å². The quantitative estimate of drug-likeness (QED) is 0.496. The van der Waals surface area contributed by atoms with E-state index in [0.717, 1.165) is 12.1 Å². The van der Waals surface area contributed by atoms with Crippen LogP contribution in [0.25, 0.3) is 0 Å². The van der Waals surface area contributed by atoms with E-state index in [1.54, 1.807) is 39.8 Å². The van der Waals surface area contributed by atoms with Gasteiger partial charge in [-0.15, -0.1) is 0 Å². The Labute approximate surface area is 174 Å². The van der Waals surface area contributed by atoms with Crippen LogP contribution in [0.3, 0.4) is 0 Å². The van der Waals surface area contributed by atoms with Crippen molar-refractivity contribution in [1.29, 1.82) is 0 Å². The predicted octanol–water partition coefficient (Wildman–Crippen LogP) is 5.09. The number of nitrogens with zero attached hydrogens (tertiary/aromatic N) is 1. The fourth-order valence-corrected chi connectivity index (χ4v) is 3.39. The van der Waals surface area contributed by atoms with E-state index in [-0.39, 0.29) is 6.61 Å². The van der Waals surface area contributed by atoms with Crippen LogP contribution in [0.2, 0.25) is 0 Å². The monoisotopic (exact) mass is 427 g/mol. The van der Waals surface area contributed by atoms with Gasteiger partial charge in [0.2, 0.25) is 0 Å². The molecule has 0 unspecified atom stereocenters. The van der Waals surface area contributed by atoms with E-state index in [9.17, 15) is 22.8 Å². The first kappa shape index (κ1) is 23.8. The maximum Gasteiger partial charge on any atom is 0.416 e. The molecule has 0 aromatic heterocycles. The second-order valence-electron chi connectivity index (χ2n) is 8.29. The molecule has 0 atom stereocenters. The van der Waals surface area contributed by atoms with Gasteiger partial charge >= 0.3 is 18.2 Å². The van der Waals surface area contributed by atoms with Crippen LogP contribution in [-0.2, 0) is 25.9 Å². The summed E-state index contributed by atoms with van der Waals surface area (Å²) in [6, 6.07) is 5.10. The summed E-state index contributed by atoms with van der Waals surface area (Å²) in [4.78, 5) is 25.7. The lowest BCUT2D eigenvalue weighted by Crippen LogP contribution is -2.46. The first-order valence-corrected chi connectivity index (χ1v) is 9.88. The molecule has 1 heterocycles. The molecule has 0 spiro atoms. The second kappa shape index (κ2) is 9.10. The van der Waals surface area contributed by atoms with Gasteiger partial charge in [0.05, 0.1) is 12.2 Å². The van der Waals surface area contributed by atoms with Crippen molar-refractivity contribution in [2.75, 3.05) is 19.7 Å². The Morgan fingerprint density at radius 2 is 1.80 bits per heavy atom. The van der Waals surface area contributed by atoms with Crippen LogP contribution in [0.1, 0.15) is 51.7 Å². The molecule has 1 amide bonds. The Balaban J connectivity index is 2.32. The average Bonchev–Trinajstić information content (AvgIpc) is 2.65. The smallest absolute Gasteiger partial charge is 0.416 e. The molecule has 1 saturated heterocycles. The van der Waals surface area contributed by atoms with Crippen molar-refractivity contribution in [3.05, 3.63) is 47.5 Å². The Hall–Kier alpha value is -2.51. The van der Waals surface area contributed by atoms with E-state index in [0.29, 0.717) is 31.5 Å². The van der Waals surface area contributed by atoms with Crippen molar-refractivity contribution in [2.24, 2.45) is 0 Å². The highest BCUT2D eigenvalue weighted by Crippen LogP contribution is 2.40. The van der Waals surface area contributed by atoms with Gasteiger partial charge in [0.1, 0.15) is 5.60 Å². The van der Waals surface area contributed by atoms with Crippen molar-refractivity contribution >= 4 is 12.1 Å². The summed E-state index contributed by atoms with van der Waals surface area (Å²) in [5.74, 6) is -0.557. The van der Waals surface area contributed by atoms with Gasteiger partial charge in [-0.3, -0.25) is 0 Å². The van der Waals surface area contributed by atoms with Crippen LogP contribution in [0.4, 0.5) is 18.0 Å².